The third-order valence-corrected chi connectivity index (χ3v) is 2.34. The van der Waals surface area contributed by atoms with E-state index in [1.165, 1.54) is 11.3 Å². The van der Waals surface area contributed by atoms with Crippen molar-refractivity contribution < 1.29 is 0 Å². The SMILES string of the molecule is C=C1CCC(=C)N(C(C)(C)C)C1. The molecule has 1 heteroatoms. The number of hydrogen-bond acceptors (Lipinski definition) is 1. The van der Waals surface area contributed by atoms with Crippen LogP contribution in [-0.4, -0.2) is 17.0 Å². The first-order valence-electron chi connectivity index (χ1n) is 4.53. The van der Waals surface area contributed by atoms with E-state index in [1.807, 2.05) is 0 Å². The Morgan fingerprint density at radius 2 is 1.75 bits per heavy atom. The van der Waals surface area contributed by atoms with Crippen LogP contribution in [0.1, 0.15) is 33.6 Å². The molecule has 0 aromatic carbocycles. The molecule has 0 aliphatic carbocycles. The molecule has 1 nitrogen and oxygen atoms in total. The molecule has 0 spiro atoms. The van der Waals surface area contributed by atoms with E-state index in [0.29, 0.717) is 0 Å². The van der Waals surface area contributed by atoms with Gasteiger partial charge in [-0.25, -0.2) is 0 Å². The average molecular weight is 165 g/mol. The second-order valence-corrected chi connectivity index (χ2v) is 4.57. The standard InChI is InChI=1S/C11H19N/c1-9-6-7-10(2)12(8-9)11(3,4)5/h1-2,6-8H2,3-5H3. The fourth-order valence-electron chi connectivity index (χ4n) is 1.58. The number of nitrogens with zero attached hydrogens (tertiary/aromatic N) is 1. The lowest BCUT2D eigenvalue weighted by Crippen LogP contribution is -2.43. The first kappa shape index (κ1) is 9.37. The predicted octanol–water partition coefficient (Wildman–Crippen LogP) is 2.95. The van der Waals surface area contributed by atoms with E-state index >= 15 is 0 Å². The van der Waals surface area contributed by atoms with Gasteiger partial charge >= 0.3 is 0 Å². The molecule has 0 unspecified atom stereocenters. The molecule has 1 rings (SSSR count). The van der Waals surface area contributed by atoms with Crippen LogP contribution in [0.5, 0.6) is 0 Å². The summed E-state index contributed by atoms with van der Waals surface area (Å²) in [4.78, 5) is 2.35. The summed E-state index contributed by atoms with van der Waals surface area (Å²) in [5.74, 6) is 0. The highest BCUT2D eigenvalue weighted by molar-refractivity contribution is 5.14. The van der Waals surface area contributed by atoms with Crippen molar-refractivity contribution in [2.45, 2.75) is 39.2 Å². The van der Waals surface area contributed by atoms with Gasteiger partial charge < -0.3 is 4.90 Å². The molecular formula is C11H19N. The van der Waals surface area contributed by atoms with Gasteiger partial charge in [-0.1, -0.05) is 18.7 Å². The molecule has 0 saturated carbocycles. The van der Waals surface area contributed by atoms with Gasteiger partial charge in [-0.3, -0.25) is 0 Å². The lowest BCUT2D eigenvalue weighted by molar-refractivity contribution is 0.181. The van der Waals surface area contributed by atoms with Gasteiger partial charge in [0.15, 0.2) is 0 Å². The summed E-state index contributed by atoms with van der Waals surface area (Å²) >= 11 is 0. The van der Waals surface area contributed by atoms with Gasteiger partial charge in [0.25, 0.3) is 0 Å². The van der Waals surface area contributed by atoms with Crippen LogP contribution in [0.25, 0.3) is 0 Å². The number of allylic oxidation sites excluding steroid dienone is 1. The van der Waals surface area contributed by atoms with Crippen LogP contribution in [0.3, 0.4) is 0 Å². The van der Waals surface area contributed by atoms with Gasteiger partial charge in [0, 0.05) is 17.8 Å². The number of piperidine rings is 1. The second kappa shape index (κ2) is 2.96. The summed E-state index contributed by atoms with van der Waals surface area (Å²) in [6.07, 6.45) is 2.20. The average Bonchev–Trinajstić information content (AvgIpc) is 1.92. The highest BCUT2D eigenvalue weighted by Gasteiger charge is 2.25. The summed E-state index contributed by atoms with van der Waals surface area (Å²) in [6, 6.07) is 0. The molecule has 1 heterocycles. The first-order valence-corrected chi connectivity index (χ1v) is 4.53. The van der Waals surface area contributed by atoms with E-state index in [4.69, 9.17) is 0 Å². The van der Waals surface area contributed by atoms with E-state index in [9.17, 15) is 0 Å². The van der Waals surface area contributed by atoms with Crippen LogP contribution in [0.4, 0.5) is 0 Å². The number of likely N-dealkylation sites (tertiary alicyclic amines) is 1. The van der Waals surface area contributed by atoms with Gasteiger partial charge in [-0.15, -0.1) is 0 Å². The fourth-order valence-corrected chi connectivity index (χ4v) is 1.58. The Morgan fingerprint density at radius 3 is 2.17 bits per heavy atom. The van der Waals surface area contributed by atoms with E-state index < -0.39 is 0 Å². The third-order valence-electron chi connectivity index (χ3n) is 2.34. The molecule has 1 aliphatic rings. The highest BCUT2D eigenvalue weighted by Crippen LogP contribution is 2.28. The third kappa shape index (κ3) is 1.90. The zero-order chi connectivity index (χ0) is 9.35. The van der Waals surface area contributed by atoms with Crippen molar-refractivity contribution in [2.24, 2.45) is 0 Å². The molecule has 0 aromatic heterocycles. The molecule has 0 atom stereocenters. The molecule has 0 amide bonds. The van der Waals surface area contributed by atoms with E-state index in [-0.39, 0.29) is 5.54 Å². The summed E-state index contributed by atoms with van der Waals surface area (Å²) in [5, 5.41) is 0. The molecule has 12 heavy (non-hydrogen) atoms. The minimum absolute atomic E-state index is 0.195. The maximum Gasteiger partial charge on any atom is 0.0388 e. The monoisotopic (exact) mass is 165 g/mol. The van der Waals surface area contributed by atoms with Gasteiger partial charge in [0.1, 0.15) is 0 Å². The molecule has 0 aromatic rings. The van der Waals surface area contributed by atoms with Crippen molar-refractivity contribution in [3.05, 3.63) is 24.4 Å². The number of hydrogen-bond donors (Lipinski definition) is 0. The van der Waals surface area contributed by atoms with Gasteiger partial charge in [0.05, 0.1) is 0 Å². The first-order chi connectivity index (χ1) is 5.41. The molecule has 1 aliphatic heterocycles. The van der Waals surface area contributed by atoms with Crippen LogP contribution in [0.15, 0.2) is 24.4 Å². The topological polar surface area (TPSA) is 3.24 Å². The molecule has 1 fully saturated rings. The normalized spacial score (nSPS) is 20.1. The Bertz CT molecular complexity index is 208. The van der Waals surface area contributed by atoms with Gasteiger partial charge in [0.2, 0.25) is 0 Å². The zero-order valence-electron chi connectivity index (χ0n) is 8.48. The highest BCUT2D eigenvalue weighted by atomic mass is 15.2. The largest absolute Gasteiger partial charge is 0.366 e. The second-order valence-electron chi connectivity index (χ2n) is 4.57. The minimum Gasteiger partial charge on any atom is -0.366 e. The van der Waals surface area contributed by atoms with Crippen LogP contribution in [0.2, 0.25) is 0 Å². The Hall–Kier alpha value is -0.720. The van der Waals surface area contributed by atoms with E-state index in [1.54, 1.807) is 0 Å². The predicted molar refractivity (Wildman–Crippen MR) is 54.0 cm³/mol. The zero-order valence-corrected chi connectivity index (χ0v) is 8.48. The maximum atomic E-state index is 4.08. The molecule has 0 bridgehead atoms. The van der Waals surface area contributed by atoms with Crippen LogP contribution in [-0.2, 0) is 0 Å². The van der Waals surface area contributed by atoms with Gasteiger partial charge in [-0.2, -0.15) is 0 Å². The van der Waals surface area contributed by atoms with Crippen LogP contribution < -0.4 is 0 Å². The van der Waals surface area contributed by atoms with E-state index in [2.05, 4.69) is 38.8 Å². The Labute approximate surface area is 75.8 Å². The Kier molecular flexibility index (Phi) is 2.31. The van der Waals surface area contributed by atoms with Crippen molar-refractivity contribution in [2.75, 3.05) is 6.54 Å². The minimum atomic E-state index is 0.195. The Balaban J connectivity index is 2.74. The molecule has 0 N–H and O–H groups in total. The van der Waals surface area contributed by atoms with Crippen molar-refractivity contribution in [3.8, 4) is 0 Å². The molecule has 68 valence electrons. The lowest BCUT2D eigenvalue weighted by atomic mass is 9.96. The van der Waals surface area contributed by atoms with Crippen molar-refractivity contribution in [3.63, 3.8) is 0 Å². The van der Waals surface area contributed by atoms with Crippen LogP contribution in [0, 0.1) is 0 Å². The number of rotatable bonds is 0. The summed E-state index contributed by atoms with van der Waals surface area (Å²) in [7, 11) is 0. The molecule has 0 radical (unpaired) electrons. The Morgan fingerprint density at radius 1 is 1.17 bits per heavy atom. The quantitative estimate of drug-likeness (QED) is 0.499. The van der Waals surface area contributed by atoms with Crippen molar-refractivity contribution in [1.82, 2.24) is 4.90 Å². The maximum absolute atomic E-state index is 4.08. The van der Waals surface area contributed by atoms with E-state index in [0.717, 1.165) is 19.4 Å². The summed E-state index contributed by atoms with van der Waals surface area (Å²) in [5.41, 5.74) is 2.78. The van der Waals surface area contributed by atoms with Crippen molar-refractivity contribution >= 4 is 0 Å². The molecular weight excluding hydrogens is 146 g/mol. The van der Waals surface area contributed by atoms with Gasteiger partial charge in [-0.05, 0) is 33.6 Å². The smallest absolute Gasteiger partial charge is 0.0388 e. The summed E-state index contributed by atoms with van der Waals surface area (Å²) < 4.78 is 0. The fraction of sp³-hybridized carbons (Fsp3) is 0.636. The molecule has 1 saturated heterocycles. The lowest BCUT2D eigenvalue weighted by Gasteiger charge is -2.42. The van der Waals surface area contributed by atoms with Crippen LogP contribution >= 0.6 is 0 Å². The summed E-state index contributed by atoms with van der Waals surface area (Å²) in [6.45, 7) is 15.8. The van der Waals surface area contributed by atoms with Crippen molar-refractivity contribution in [1.29, 1.82) is 0 Å².